The Morgan fingerprint density at radius 2 is 0.754 bits per heavy atom. The predicted octanol–water partition coefficient (Wildman–Crippen LogP) is 18.5. The Morgan fingerprint density at radius 1 is 0.323 bits per heavy atom. The number of hydrogen-bond acceptors (Lipinski definition) is 0. The number of halogens is 3. The molecule has 1 aromatic heterocycles. The van der Waals surface area contributed by atoms with Gasteiger partial charge in [-0.25, -0.2) is 0 Å². The van der Waals surface area contributed by atoms with Crippen LogP contribution in [0.2, 0.25) is 0 Å². The van der Waals surface area contributed by atoms with Gasteiger partial charge in [-0.3, -0.25) is 0 Å². The van der Waals surface area contributed by atoms with Crippen molar-refractivity contribution in [2.24, 2.45) is 0 Å². The van der Waals surface area contributed by atoms with E-state index in [0.717, 1.165) is 16.6 Å². The summed E-state index contributed by atoms with van der Waals surface area (Å²) < 4.78 is 5.90. The highest BCUT2D eigenvalue weighted by molar-refractivity contribution is 14.1. The van der Waals surface area contributed by atoms with Gasteiger partial charge in [-0.2, -0.15) is 0 Å². The maximum atomic E-state index is 3.69. The maximum Gasteiger partial charge on any atom is 0.0552 e. The van der Waals surface area contributed by atoms with Crippen molar-refractivity contribution in [1.82, 2.24) is 4.57 Å². The molecule has 4 heteroatoms. The monoisotopic (exact) mass is 1070 g/mol. The lowest BCUT2D eigenvalue weighted by Gasteiger charge is -2.14. The van der Waals surface area contributed by atoms with Gasteiger partial charge in [0.1, 0.15) is 0 Å². The number of nitrogens with zero attached hydrogens (tertiary/aromatic N) is 1. The molecule has 0 unspecified atom stereocenters. The second-order valence-corrected chi connectivity index (χ2v) is 19.2. The standard InChI is InChI=1S/C30H20BrN.C18H13I.C13H9Br/c31-25-15-16-28-27-13-7-8-14-29(27)32(30(28)20-25)26-18-23(21-9-3-1-4-10-21)17-24(19-26)22-11-5-2-6-12-22;19-18-12-16(14-7-3-1-4-8-14)11-17(13-18)15-9-5-2-6-10-15;14-11-5-6-13-10(8-11)7-9-3-1-2-4-12(9)13/h1-20H;1-13H;1-6,8H,7H2. The molecule has 0 radical (unpaired) electrons. The minimum atomic E-state index is 1.07. The summed E-state index contributed by atoms with van der Waals surface area (Å²) in [5.74, 6) is 0. The van der Waals surface area contributed by atoms with E-state index in [0.29, 0.717) is 0 Å². The Kier molecular flexibility index (Phi) is 12.7. The number of rotatable bonds is 5. The summed E-state index contributed by atoms with van der Waals surface area (Å²) in [7, 11) is 0. The van der Waals surface area contributed by atoms with Crippen LogP contribution in [0.15, 0.2) is 252 Å². The first-order valence-corrected chi connectivity index (χ1v) is 24.3. The van der Waals surface area contributed by atoms with Gasteiger partial charge in [-0.05, 0) is 163 Å². The summed E-state index contributed by atoms with van der Waals surface area (Å²) in [4.78, 5) is 0. The lowest BCUT2D eigenvalue weighted by Crippen LogP contribution is -1.96. The number of para-hydroxylation sites is 1. The van der Waals surface area contributed by atoms with E-state index in [9.17, 15) is 0 Å². The van der Waals surface area contributed by atoms with Crippen LogP contribution in [0.3, 0.4) is 0 Å². The van der Waals surface area contributed by atoms with Gasteiger partial charge in [0.2, 0.25) is 0 Å². The van der Waals surface area contributed by atoms with Crippen molar-refractivity contribution in [2.45, 2.75) is 6.42 Å². The second kappa shape index (κ2) is 19.4. The highest BCUT2D eigenvalue weighted by Gasteiger charge is 2.18. The molecule has 0 aliphatic heterocycles. The van der Waals surface area contributed by atoms with Gasteiger partial charge in [0.15, 0.2) is 0 Å². The van der Waals surface area contributed by atoms with Crippen LogP contribution in [0.4, 0.5) is 0 Å². The molecule has 0 saturated carbocycles. The zero-order chi connectivity index (χ0) is 44.1. The Balaban J connectivity index is 0.000000127. The first kappa shape index (κ1) is 42.6. The summed E-state index contributed by atoms with van der Waals surface area (Å²) in [5.41, 5.74) is 19.2. The van der Waals surface area contributed by atoms with Gasteiger partial charge in [-0.15, -0.1) is 0 Å². The Bertz CT molecular complexity index is 3300. The van der Waals surface area contributed by atoms with Crippen LogP contribution < -0.4 is 0 Å². The average molecular weight is 1080 g/mol. The average Bonchev–Trinajstić information content (AvgIpc) is 3.90. The summed E-state index contributed by atoms with van der Waals surface area (Å²) in [6.45, 7) is 0. The number of fused-ring (bicyclic) bond motifs is 6. The first-order chi connectivity index (χ1) is 31.9. The fraction of sp³-hybridized carbons (Fsp3) is 0.0164. The molecular weight excluding hydrogens is 1030 g/mol. The van der Waals surface area contributed by atoms with Crippen molar-refractivity contribution < 1.29 is 0 Å². The molecule has 1 aliphatic carbocycles. The highest BCUT2D eigenvalue weighted by Crippen LogP contribution is 2.39. The third-order valence-electron chi connectivity index (χ3n) is 11.9. The van der Waals surface area contributed by atoms with Gasteiger partial charge in [-0.1, -0.05) is 208 Å². The number of aromatic nitrogens is 1. The smallest absolute Gasteiger partial charge is 0.0552 e. The Labute approximate surface area is 411 Å². The molecule has 0 bridgehead atoms. The topological polar surface area (TPSA) is 4.93 Å². The summed E-state index contributed by atoms with van der Waals surface area (Å²) >= 11 is 9.58. The van der Waals surface area contributed by atoms with Crippen LogP contribution in [0.1, 0.15) is 11.1 Å². The van der Waals surface area contributed by atoms with Crippen LogP contribution in [0.5, 0.6) is 0 Å². The van der Waals surface area contributed by atoms with Gasteiger partial charge in [0, 0.05) is 29.0 Å². The fourth-order valence-electron chi connectivity index (χ4n) is 8.85. The lowest BCUT2D eigenvalue weighted by atomic mass is 9.98. The Hall–Kier alpha value is -6.31. The van der Waals surface area contributed by atoms with E-state index in [4.69, 9.17) is 0 Å². The molecule has 0 fully saturated rings. The third-order valence-corrected chi connectivity index (χ3v) is 13.5. The van der Waals surface area contributed by atoms with Crippen molar-refractivity contribution in [1.29, 1.82) is 0 Å². The van der Waals surface area contributed by atoms with E-state index in [-0.39, 0.29) is 0 Å². The van der Waals surface area contributed by atoms with Gasteiger partial charge in [0.05, 0.1) is 11.0 Å². The van der Waals surface area contributed by atoms with Crippen molar-refractivity contribution in [3.8, 4) is 61.3 Å². The molecular formula is C61H42Br2IN. The number of hydrogen-bond donors (Lipinski definition) is 0. The van der Waals surface area contributed by atoms with E-state index in [1.807, 2.05) is 0 Å². The van der Waals surface area contributed by atoms with E-state index in [2.05, 4.69) is 302 Å². The van der Waals surface area contributed by atoms with Gasteiger partial charge < -0.3 is 4.57 Å². The minimum absolute atomic E-state index is 1.07. The van der Waals surface area contributed by atoms with Crippen LogP contribution in [-0.4, -0.2) is 4.57 Å². The molecule has 11 aromatic rings. The fourth-order valence-corrected chi connectivity index (χ4v) is 10.3. The predicted molar refractivity (Wildman–Crippen MR) is 292 cm³/mol. The van der Waals surface area contributed by atoms with Crippen molar-refractivity contribution >= 4 is 76.3 Å². The molecule has 0 amide bonds. The molecule has 0 spiro atoms. The van der Waals surface area contributed by atoms with E-state index in [1.54, 1.807) is 0 Å². The third kappa shape index (κ3) is 9.44. The van der Waals surface area contributed by atoms with Crippen LogP contribution in [-0.2, 0) is 6.42 Å². The maximum absolute atomic E-state index is 3.69. The molecule has 312 valence electrons. The number of benzene rings is 10. The van der Waals surface area contributed by atoms with Crippen molar-refractivity contribution in [2.75, 3.05) is 0 Å². The Morgan fingerprint density at radius 3 is 1.32 bits per heavy atom. The van der Waals surface area contributed by atoms with E-state index < -0.39 is 0 Å². The largest absolute Gasteiger partial charge is 0.309 e. The molecule has 0 saturated heterocycles. The molecule has 0 atom stereocenters. The molecule has 1 nitrogen and oxygen atoms in total. The first-order valence-electron chi connectivity index (χ1n) is 21.7. The normalized spacial score (nSPS) is 11.2. The molecule has 0 N–H and O–H groups in total. The van der Waals surface area contributed by atoms with E-state index >= 15 is 0 Å². The van der Waals surface area contributed by atoms with Crippen LogP contribution in [0.25, 0.3) is 83.1 Å². The summed E-state index contributed by atoms with van der Waals surface area (Å²) in [5, 5.41) is 2.52. The molecule has 10 aromatic carbocycles. The quantitative estimate of drug-likeness (QED) is 0.151. The van der Waals surface area contributed by atoms with Crippen LogP contribution >= 0.6 is 54.5 Å². The molecule has 1 aliphatic rings. The van der Waals surface area contributed by atoms with Crippen molar-refractivity contribution in [3.05, 3.63) is 266 Å². The zero-order valence-corrected chi connectivity index (χ0v) is 40.7. The SMILES string of the molecule is Brc1ccc2c(c1)Cc1ccccc1-2.Brc1ccc2c3ccccc3n(-c3cc(-c4ccccc4)cc(-c4ccccc4)c3)c2c1.Ic1cc(-c2ccccc2)cc(-c2ccccc2)c1. The second-order valence-electron chi connectivity index (χ2n) is 16.1. The summed E-state index contributed by atoms with van der Waals surface area (Å²) in [6.07, 6.45) is 1.07. The van der Waals surface area contributed by atoms with Gasteiger partial charge in [0.25, 0.3) is 0 Å². The minimum Gasteiger partial charge on any atom is -0.309 e. The van der Waals surface area contributed by atoms with E-state index in [1.165, 1.54) is 96.6 Å². The lowest BCUT2D eigenvalue weighted by molar-refractivity contribution is 1.18. The highest BCUT2D eigenvalue weighted by atomic mass is 127. The molecule has 12 rings (SSSR count). The zero-order valence-electron chi connectivity index (χ0n) is 35.4. The van der Waals surface area contributed by atoms with Crippen molar-refractivity contribution in [3.63, 3.8) is 0 Å². The molecule has 65 heavy (non-hydrogen) atoms. The van der Waals surface area contributed by atoms with Crippen LogP contribution in [0, 0.1) is 3.57 Å². The molecule has 1 heterocycles. The van der Waals surface area contributed by atoms with Gasteiger partial charge >= 0.3 is 0 Å². The summed E-state index contributed by atoms with van der Waals surface area (Å²) in [6, 6.07) is 86.2.